The molecule has 0 radical (unpaired) electrons. The molecule has 0 bridgehead atoms. The summed E-state index contributed by atoms with van der Waals surface area (Å²) in [5.41, 5.74) is 1.13. The van der Waals surface area contributed by atoms with Gasteiger partial charge in [-0.25, -0.2) is 4.68 Å². The van der Waals surface area contributed by atoms with Crippen LogP contribution in [0, 0.1) is 0 Å². The Morgan fingerprint density at radius 2 is 2.04 bits per heavy atom. The fourth-order valence-electron chi connectivity index (χ4n) is 3.53. The molecule has 2 aromatic rings. The summed E-state index contributed by atoms with van der Waals surface area (Å²) in [6, 6.07) is 9.62. The molecule has 1 aromatic carbocycles. The summed E-state index contributed by atoms with van der Waals surface area (Å²) < 4.78 is 1.80. The SMILES string of the molecule is CC(NC(=O)CC1(O)CCCCC1)c1ccccc1-n1cccn1. The van der Waals surface area contributed by atoms with Gasteiger partial charge in [0, 0.05) is 12.4 Å². The van der Waals surface area contributed by atoms with Gasteiger partial charge < -0.3 is 10.4 Å². The van der Waals surface area contributed by atoms with Crippen molar-refractivity contribution in [3.05, 3.63) is 48.3 Å². The first-order valence-electron chi connectivity index (χ1n) is 8.68. The molecule has 1 amide bonds. The van der Waals surface area contributed by atoms with Gasteiger partial charge in [-0.3, -0.25) is 4.79 Å². The average molecular weight is 327 g/mol. The van der Waals surface area contributed by atoms with Gasteiger partial charge in [0.25, 0.3) is 0 Å². The number of hydrogen-bond acceptors (Lipinski definition) is 3. The van der Waals surface area contributed by atoms with Gasteiger partial charge in [-0.05, 0) is 37.5 Å². The lowest BCUT2D eigenvalue weighted by molar-refractivity contribution is -0.128. The zero-order valence-electron chi connectivity index (χ0n) is 14.1. The standard InChI is InChI=1S/C19H25N3O2/c1-15(21-18(23)14-19(24)10-5-2-6-11-19)16-8-3-4-9-17(16)22-13-7-12-20-22/h3-4,7-9,12-13,15,24H,2,5-6,10-11,14H2,1H3,(H,21,23). The highest BCUT2D eigenvalue weighted by Crippen LogP contribution is 2.31. The normalized spacial score (nSPS) is 18.1. The predicted molar refractivity (Wildman–Crippen MR) is 92.8 cm³/mol. The Morgan fingerprint density at radius 3 is 2.75 bits per heavy atom. The number of hydrogen-bond donors (Lipinski definition) is 2. The number of benzene rings is 1. The maximum absolute atomic E-state index is 12.4. The summed E-state index contributed by atoms with van der Waals surface area (Å²) in [5, 5.41) is 17.9. The van der Waals surface area contributed by atoms with E-state index < -0.39 is 5.60 Å². The summed E-state index contributed by atoms with van der Waals surface area (Å²) in [6.45, 7) is 1.96. The van der Waals surface area contributed by atoms with E-state index in [1.165, 1.54) is 0 Å². The van der Waals surface area contributed by atoms with E-state index in [0.29, 0.717) is 0 Å². The first kappa shape index (κ1) is 16.7. The van der Waals surface area contributed by atoms with Gasteiger partial charge in [0.15, 0.2) is 0 Å². The molecule has 0 spiro atoms. The number of carbonyl (C=O) groups is 1. The number of rotatable bonds is 5. The van der Waals surface area contributed by atoms with Crippen molar-refractivity contribution < 1.29 is 9.90 Å². The second-order valence-electron chi connectivity index (χ2n) is 6.76. The molecule has 1 aliphatic carbocycles. The average Bonchev–Trinajstić information content (AvgIpc) is 3.09. The summed E-state index contributed by atoms with van der Waals surface area (Å²) in [6.07, 6.45) is 8.40. The Labute approximate surface area is 142 Å². The van der Waals surface area contributed by atoms with Crippen molar-refractivity contribution in [2.45, 2.75) is 57.1 Å². The van der Waals surface area contributed by atoms with Crippen LogP contribution in [0.15, 0.2) is 42.7 Å². The van der Waals surface area contributed by atoms with Crippen molar-refractivity contribution in [1.29, 1.82) is 0 Å². The van der Waals surface area contributed by atoms with Crippen molar-refractivity contribution >= 4 is 5.91 Å². The minimum atomic E-state index is -0.830. The summed E-state index contributed by atoms with van der Waals surface area (Å²) in [5.74, 6) is -0.0952. The maximum Gasteiger partial charge on any atom is 0.223 e. The maximum atomic E-state index is 12.4. The summed E-state index contributed by atoms with van der Waals surface area (Å²) in [4.78, 5) is 12.4. The predicted octanol–water partition coefficient (Wildman–Crippen LogP) is 3.13. The molecule has 1 unspecified atom stereocenters. The number of aliphatic hydroxyl groups is 1. The minimum absolute atomic E-state index is 0.0952. The van der Waals surface area contributed by atoms with Crippen molar-refractivity contribution in [1.82, 2.24) is 15.1 Å². The van der Waals surface area contributed by atoms with E-state index in [4.69, 9.17) is 0 Å². The Kier molecular flexibility index (Phi) is 5.00. The third-order valence-corrected chi connectivity index (χ3v) is 4.81. The van der Waals surface area contributed by atoms with Gasteiger partial charge in [0.2, 0.25) is 5.91 Å². The number of nitrogens with zero attached hydrogens (tertiary/aromatic N) is 2. The van der Waals surface area contributed by atoms with Crippen LogP contribution in [0.1, 0.15) is 57.1 Å². The molecule has 0 aliphatic heterocycles. The summed E-state index contributed by atoms with van der Waals surface area (Å²) >= 11 is 0. The van der Waals surface area contributed by atoms with Gasteiger partial charge in [0.05, 0.1) is 23.8 Å². The molecule has 1 heterocycles. The number of carbonyl (C=O) groups excluding carboxylic acids is 1. The van der Waals surface area contributed by atoms with Crippen LogP contribution in [0.4, 0.5) is 0 Å². The highest BCUT2D eigenvalue weighted by atomic mass is 16.3. The van der Waals surface area contributed by atoms with Crippen LogP contribution in [0.2, 0.25) is 0 Å². The molecule has 1 atom stereocenters. The van der Waals surface area contributed by atoms with Crippen LogP contribution in [0.3, 0.4) is 0 Å². The van der Waals surface area contributed by atoms with Gasteiger partial charge in [-0.15, -0.1) is 0 Å². The summed E-state index contributed by atoms with van der Waals surface area (Å²) in [7, 11) is 0. The van der Waals surface area contributed by atoms with Crippen LogP contribution >= 0.6 is 0 Å². The third kappa shape index (κ3) is 3.85. The zero-order valence-corrected chi connectivity index (χ0v) is 14.1. The number of aromatic nitrogens is 2. The van der Waals surface area contributed by atoms with Gasteiger partial charge in [-0.1, -0.05) is 37.5 Å². The first-order chi connectivity index (χ1) is 11.6. The van der Waals surface area contributed by atoms with E-state index in [1.54, 1.807) is 10.9 Å². The van der Waals surface area contributed by atoms with Gasteiger partial charge >= 0.3 is 0 Å². The van der Waals surface area contributed by atoms with Crippen LogP contribution in [0.5, 0.6) is 0 Å². The van der Waals surface area contributed by atoms with Crippen molar-refractivity contribution in [3.63, 3.8) is 0 Å². The Hall–Kier alpha value is -2.14. The molecule has 1 saturated carbocycles. The topological polar surface area (TPSA) is 67.2 Å². The van der Waals surface area contributed by atoms with E-state index in [1.807, 2.05) is 43.5 Å². The lowest BCUT2D eigenvalue weighted by Crippen LogP contribution is -2.39. The van der Waals surface area contributed by atoms with Crippen LogP contribution in [-0.2, 0) is 4.79 Å². The Morgan fingerprint density at radius 1 is 1.29 bits per heavy atom. The largest absolute Gasteiger partial charge is 0.389 e. The molecule has 1 aromatic heterocycles. The third-order valence-electron chi connectivity index (χ3n) is 4.81. The molecule has 2 N–H and O–H groups in total. The van der Waals surface area contributed by atoms with Crippen LogP contribution < -0.4 is 5.32 Å². The van der Waals surface area contributed by atoms with E-state index in [0.717, 1.165) is 43.4 Å². The smallest absolute Gasteiger partial charge is 0.223 e. The molecule has 3 rings (SSSR count). The molecule has 128 valence electrons. The lowest BCUT2D eigenvalue weighted by Gasteiger charge is -2.32. The highest BCUT2D eigenvalue weighted by molar-refractivity contribution is 5.77. The van der Waals surface area contributed by atoms with E-state index >= 15 is 0 Å². The molecule has 0 saturated heterocycles. The van der Waals surface area contributed by atoms with Crippen molar-refractivity contribution in [2.24, 2.45) is 0 Å². The second-order valence-corrected chi connectivity index (χ2v) is 6.76. The molecule has 1 aliphatic rings. The lowest BCUT2D eigenvalue weighted by atomic mass is 9.82. The van der Waals surface area contributed by atoms with E-state index in [9.17, 15) is 9.90 Å². The van der Waals surface area contributed by atoms with Crippen molar-refractivity contribution in [3.8, 4) is 5.69 Å². The van der Waals surface area contributed by atoms with Gasteiger partial charge in [-0.2, -0.15) is 5.10 Å². The molecule has 5 heteroatoms. The van der Waals surface area contributed by atoms with Crippen LogP contribution in [-0.4, -0.2) is 26.4 Å². The minimum Gasteiger partial charge on any atom is -0.389 e. The molecule has 24 heavy (non-hydrogen) atoms. The Balaban J connectivity index is 1.69. The number of nitrogens with one attached hydrogen (secondary N) is 1. The fourth-order valence-corrected chi connectivity index (χ4v) is 3.53. The molecule has 5 nitrogen and oxygen atoms in total. The van der Waals surface area contributed by atoms with Crippen LogP contribution in [0.25, 0.3) is 5.69 Å². The monoisotopic (exact) mass is 327 g/mol. The molecular weight excluding hydrogens is 302 g/mol. The second kappa shape index (κ2) is 7.18. The Bertz CT molecular complexity index is 676. The molecule has 1 fully saturated rings. The first-order valence-corrected chi connectivity index (χ1v) is 8.68. The zero-order chi connectivity index (χ0) is 17.0. The highest BCUT2D eigenvalue weighted by Gasteiger charge is 2.32. The van der Waals surface area contributed by atoms with E-state index in [2.05, 4.69) is 10.4 Å². The molecular formula is C19H25N3O2. The van der Waals surface area contributed by atoms with Crippen molar-refractivity contribution in [2.75, 3.05) is 0 Å². The quantitative estimate of drug-likeness (QED) is 0.886. The van der Waals surface area contributed by atoms with E-state index in [-0.39, 0.29) is 18.4 Å². The fraction of sp³-hybridized carbons (Fsp3) is 0.474. The van der Waals surface area contributed by atoms with Gasteiger partial charge in [0.1, 0.15) is 0 Å². The number of amides is 1. The number of para-hydroxylation sites is 1.